The average Bonchev–Trinajstić information content (AvgIpc) is 3.17. The van der Waals surface area contributed by atoms with E-state index in [1.54, 1.807) is 11.3 Å². The van der Waals surface area contributed by atoms with Crippen molar-refractivity contribution in [2.45, 2.75) is 32.1 Å². The average molecular weight is 337 g/mol. The molecule has 1 amide bonds. The van der Waals surface area contributed by atoms with Gasteiger partial charge in [-0.15, -0.1) is 11.3 Å². The summed E-state index contributed by atoms with van der Waals surface area (Å²) in [6.45, 7) is 2.11. The highest BCUT2D eigenvalue weighted by molar-refractivity contribution is 7.15. The molecule has 0 atom stereocenters. The number of hydrogen-bond acceptors (Lipinski definition) is 3. The summed E-state index contributed by atoms with van der Waals surface area (Å²) in [6.07, 6.45) is 2.78. The molecule has 2 aromatic heterocycles. The maximum absolute atomic E-state index is 12.2. The number of carbonyl (C=O) groups excluding carboxylic acids is 1. The number of H-pyrrole nitrogens is 1. The van der Waals surface area contributed by atoms with Gasteiger partial charge in [0.25, 0.3) is 0 Å². The Morgan fingerprint density at radius 1 is 1.25 bits per heavy atom. The Balaban J connectivity index is 1.38. The molecule has 0 radical (unpaired) electrons. The first kappa shape index (κ1) is 15.1. The van der Waals surface area contributed by atoms with Crippen molar-refractivity contribution in [3.05, 3.63) is 58.6 Å². The Morgan fingerprint density at radius 3 is 2.71 bits per heavy atom. The lowest BCUT2D eigenvalue weighted by molar-refractivity contribution is -0.115. The van der Waals surface area contributed by atoms with E-state index in [2.05, 4.69) is 46.7 Å². The third-order valence-corrected chi connectivity index (χ3v) is 5.28. The van der Waals surface area contributed by atoms with Crippen molar-refractivity contribution in [2.24, 2.45) is 0 Å². The van der Waals surface area contributed by atoms with E-state index in [1.165, 1.54) is 28.2 Å². The molecule has 1 aromatic carbocycles. The summed E-state index contributed by atoms with van der Waals surface area (Å²) in [7, 11) is 0. The molecule has 0 bridgehead atoms. The van der Waals surface area contributed by atoms with Crippen LogP contribution in [0.5, 0.6) is 0 Å². The van der Waals surface area contributed by atoms with Gasteiger partial charge in [-0.3, -0.25) is 9.89 Å². The molecule has 1 fully saturated rings. The fourth-order valence-corrected chi connectivity index (χ4v) is 3.63. The highest BCUT2D eigenvalue weighted by Crippen LogP contribution is 2.39. The summed E-state index contributed by atoms with van der Waals surface area (Å²) in [4.78, 5) is 14.7. The largest absolute Gasteiger partial charge is 0.309 e. The highest BCUT2D eigenvalue weighted by Gasteiger charge is 2.25. The van der Waals surface area contributed by atoms with Crippen LogP contribution in [0.4, 0.5) is 5.82 Å². The van der Waals surface area contributed by atoms with Crippen molar-refractivity contribution in [1.82, 2.24) is 10.2 Å². The zero-order chi connectivity index (χ0) is 16.5. The molecule has 0 aliphatic heterocycles. The minimum atomic E-state index is -0.0384. The number of aryl methyl sites for hydroxylation is 1. The van der Waals surface area contributed by atoms with Crippen molar-refractivity contribution in [3.8, 4) is 10.4 Å². The molecule has 0 spiro atoms. The van der Waals surface area contributed by atoms with E-state index in [9.17, 15) is 4.79 Å². The summed E-state index contributed by atoms with van der Waals surface area (Å²) in [5.41, 5.74) is 3.32. The monoisotopic (exact) mass is 337 g/mol. The van der Waals surface area contributed by atoms with Crippen molar-refractivity contribution < 1.29 is 4.79 Å². The first-order chi connectivity index (χ1) is 11.7. The van der Waals surface area contributed by atoms with Gasteiger partial charge in [0.2, 0.25) is 5.91 Å². The Morgan fingerprint density at radius 2 is 2.04 bits per heavy atom. The number of benzene rings is 1. The predicted octanol–water partition coefficient (Wildman–Crippen LogP) is 4.51. The summed E-state index contributed by atoms with van der Waals surface area (Å²) >= 11 is 1.78. The summed E-state index contributed by atoms with van der Waals surface area (Å²) in [6, 6.07) is 14.4. The molecular formula is C19H19N3OS. The molecule has 4 nitrogen and oxygen atoms in total. The standard InChI is InChI=1S/C19H19N3OS/c1-12-2-9-17(24-12)15-5-3-13(4-6-15)10-19(23)20-18-11-16(21-22-18)14-7-8-14/h2-6,9,11,14H,7-8,10H2,1H3,(H2,20,21,22,23). The molecular weight excluding hydrogens is 318 g/mol. The zero-order valence-corrected chi connectivity index (χ0v) is 14.3. The highest BCUT2D eigenvalue weighted by atomic mass is 32.1. The molecule has 1 saturated carbocycles. The number of aromatic nitrogens is 2. The lowest BCUT2D eigenvalue weighted by atomic mass is 10.1. The van der Waals surface area contributed by atoms with E-state index in [1.807, 2.05) is 18.2 Å². The first-order valence-electron chi connectivity index (χ1n) is 8.18. The van der Waals surface area contributed by atoms with Crippen molar-refractivity contribution >= 4 is 23.1 Å². The summed E-state index contributed by atoms with van der Waals surface area (Å²) < 4.78 is 0. The van der Waals surface area contributed by atoms with Crippen LogP contribution in [0.25, 0.3) is 10.4 Å². The molecule has 2 N–H and O–H groups in total. The van der Waals surface area contributed by atoms with Crippen molar-refractivity contribution in [1.29, 1.82) is 0 Å². The molecule has 5 heteroatoms. The van der Waals surface area contributed by atoms with Gasteiger partial charge in [0.1, 0.15) is 0 Å². The van der Waals surface area contributed by atoms with Gasteiger partial charge in [0.05, 0.1) is 6.42 Å². The Hall–Kier alpha value is -2.40. The summed E-state index contributed by atoms with van der Waals surface area (Å²) in [5, 5.41) is 10.0. The third-order valence-electron chi connectivity index (χ3n) is 4.23. The van der Waals surface area contributed by atoms with E-state index in [0.29, 0.717) is 18.2 Å². The lowest BCUT2D eigenvalue weighted by Gasteiger charge is -2.03. The van der Waals surface area contributed by atoms with Crippen molar-refractivity contribution in [2.75, 3.05) is 5.32 Å². The van der Waals surface area contributed by atoms with Crippen LogP contribution in [0.15, 0.2) is 42.5 Å². The fourth-order valence-electron chi connectivity index (χ4n) is 2.75. The predicted molar refractivity (Wildman–Crippen MR) is 97.4 cm³/mol. The molecule has 0 saturated heterocycles. The van der Waals surface area contributed by atoms with E-state index in [-0.39, 0.29) is 5.91 Å². The molecule has 2 heterocycles. The minimum Gasteiger partial charge on any atom is -0.309 e. The van der Waals surface area contributed by atoms with Crippen LogP contribution in [0, 0.1) is 6.92 Å². The van der Waals surface area contributed by atoms with Gasteiger partial charge in [-0.25, -0.2) is 0 Å². The zero-order valence-electron chi connectivity index (χ0n) is 13.5. The normalized spacial score (nSPS) is 13.9. The van der Waals surface area contributed by atoms with Crippen LogP contribution in [-0.4, -0.2) is 16.1 Å². The maximum atomic E-state index is 12.2. The first-order valence-corrected chi connectivity index (χ1v) is 9.00. The fraction of sp³-hybridized carbons (Fsp3) is 0.263. The Bertz CT molecular complexity index is 859. The number of nitrogens with zero attached hydrogens (tertiary/aromatic N) is 1. The Kier molecular flexibility index (Phi) is 3.94. The number of nitrogens with one attached hydrogen (secondary N) is 2. The van der Waals surface area contributed by atoms with E-state index >= 15 is 0 Å². The summed E-state index contributed by atoms with van der Waals surface area (Å²) in [5.74, 6) is 1.19. The topological polar surface area (TPSA) is 57.8 Å². The number of rotatable bonds is 5. The minimum absolute atomic E-state index is 0.0384. The Labute approximate surface area is 144 Å². The quantitative estimate of drug-likeness (QED) is 0.720. The van der Waals surface area contributed by atoms with Gasteiger partial charge in [-0.05, 0) is 43.0 Å². The van der Waals surface area contributed by atoms with Gasteiger partial charge in [-0.1, -0.05) is 24.3 Å². The van der Waals surface area contributed by atoms with Gasteiger partial charge < -0.3 is 5.32 Å². The number of hydrogen-bond donors (Lipinski definition) is 2. The number of thiophene rings is 1. The van der Waals surface area contributed by atoms with Gasteiger partial charge in [0.15, 0.2) is 5.82 Å². The second-order valence-electron chi connectivity index (χ2n) is 6.31. The molecule has 1 aliphatic carbocycles. The van der Waals surface area contributed by atoms with Crippen LogP contribution in [0.2, 0.25) is 0 Å². The van der Waals surface area contributed by atoms with Crippen LogP contribution in [-0.2, 0) is 11.2 Å². The molecule has 3 aromatic rings. The molecule has 4 rings (SSSR count). The molecule has 1 aliphatic rings. The van der Waals surface area contributed by atoms with E-state index < -0.39 is 0 Å². The third kappa shape index (κ3) is 3.41. The van der Waals surface area contributed by atoms with Crippen LogP contribution in [0.3, 0.4) is 0 Å². The van der Waals surface area contributed by atoms with E-state index in [4.69, 9.17) is 0 Å². The maximum Gasteiger partial charge on any atom is 0.229 e. The molecule has 0 unspecified atom stereocenters. The van der Waals surface area contributed by atoms with Crippen LogP contribution >= 0.6 is 11.3 Å². The number of carbonyl (C=O) groups is 1. The smallest absolute Gasteiger partial charge is 0.229 e. The second-order valence-corrected chi connectivity index (χ2v) is 7.60. The lowest BCUT2D eigenvalue weighted by Crippen LogP contribution is -2.14. The number of anilines is 1. The van der Waals surface area contributed by atoms with E-state index in [0.717, 1.165) is 11.3 Å². The SMILES string of the molecule is Cc1ccc(-c2ccc(CC(=O)Nc3cc(C4CC4)[nH]n3)cc2)s1. The molecule has 24 heavy (non-hydrogen) atoms. The number of aromatic amines is 1. The van der Waals surface area contributed by atoms with Crippen LogP contribution in [0.1, 0.15) is 34.9 Å². The van der Waals surface area contributed by atoms with Crippen molar-refractivity contribution in [3.63, 3.8) is 0 Å². The van der Waals surface area contributed by atoms with Crippen LogP contribution < -0.4 is 5.32 Å². The van der Waals surface area contributed by atoms with Gasteiger partial charge >= 0.3 is 0 Å². The molecule has 122 valence electrons. The van der Waals surface area contributed by atoms with Gasteiger partial charge in [0, 0.05) is 27.4 Å². The van der Waals surface area contributed by atoms with Gasteiger partial charge in [-0.2, -0.15) is 5.10 Å². The number of amides is 1. The second kappa shape index (κ2) is 6.24.